The third kappa shape index (κ3) is 3.29. The molecule has 3 heteroatoms. The summed E-state index contributed by atoms with van der Waals surface area (Å²) in [6.45, 7) is 10.6. The fourth-order valence-electron chi connectivity index (χ4n) is 0.784. The van der Waals surface area contributed by atoms with Crippen molar-refractivity contribution in [3.63, 3.8) is 0 Å². The van der Waals surface area contributed by atoms with Gasteiger partial charge < -0.3 is 0 Å². The van der Waals surface area contributed by atoms with Crippen LogP contribution in [0.1, 0.15) is 41.5 Å². The average Bonchev–Trinajstić information content (AvgIpc) is 1.97. The van der Waals surface area contributed by atoms with Crippen LogP contribution in [0, 0.1) is 10.8 Å². The van der Waals surface area contributed by atoms with Crippen molar-refractivity contribution in [1.29, 1.82) is 0 Å². The van der Waals surface area contributed by atoms with E-state index in [1.54, 1.807) is 41.5 Å². The predicted octanol–water partition coefficient (Wildman–Crippen LogP) is 2.59. The number of hydrogen-bond donors (Lipinski definition) is 0. The van der Waals surface area contributed by atoms with Crippen molar-refractivity contribution in [2.75, 3.05) is 0 Å². The molecule has 0 aliphatic carbocycles. The Kier molecular flexibility index (Phi) is 3.73. The number of hydrogen-bond acceptors (Lipinski definition) is 3. The van der Waals surface area contributed by atoms with Crippen LogP contribution in [-0.4, -0.2) is 16.4 Å². The molecule has 0 aliphatic heterocycles. The molecule has 0 atom stereocenters. The Morgan fingerprint density at radius 1 is 0.786 bits per heavy atom. The highest BCUT2D eigenvalue weighted by Crippen LogP contribution is 2.21. The van der Waals surface area contributed by atoms with Gasteiger partial charge in [0.2, 0.25) is 0 Å². The minimum atomic E-state index is -0.571. The Hall–Kier alpha value is -0.570. The van der Waals surface area contributed by atoms with Crippen molar-refractivity contribution in [2.24, 2.45) is 10.8 Å². The monoisotopic (exact) mass is 214 g/mol. The minimum absolute atomic E-state index is 0.0509. The maximum absolute atomic E-state index is 11.7. The summed E-state index contributed by atoms with van der Waals surface area (Å²) in [5, 5.41) is 0. The van der Waals surface area contributed by atoms with Crippen LogP contribution >= 0.6 is 12.2 Å². The van der Waals surface area contributed by atoms with Crippen LogP contribution < -0.4 is 0 Å². The summed E-state index contributed by atoms with van der Waals surface area (Å²) in [7, 11) is 0. The number of thiocarbonyl (C=S) groups is 1. The lowest BCUT2D eigenvalue weighted by molar-refractivity contribution is -0.123. The van der Waals surface area contributed by atoms with Crippen LogP contribution in [0.25, 0.3) is 0 Å². The van der Waals surface area contributed by atoms with Crippen molar-refractivity contribution in [3.05, 3.63) is 0 Å². The van der Waals surface area contributed by atoms with E-state index in [0.717, 1.165) is 0 Å². The molecular weight excluding hydrogens is 196 g/mol. The fourth-order valence-corrected chi connectivity index (χ4v) is 1.40. The fraction of sp³-hybridized carbons (Fsp3) is 0.727. The lowest BCUT2D eigenvalue weighted by atomic mass is 9.81. The van der Waals surface area contributed by atoms with Gasteiger partial charge in [0.25, 0.3) is 0 Å². The largest absolute Gasteiger partial charge is 0.293 e. The van der Waals surface area contributed by atoms with Crippen molar-refractivity contribution < 1.29 is 9.59 Å². The number of carbonyl (C=O) groups excluding carboxylic acids is 2. The summed E-state index contributed by atoms with van der Waals surface area (Å²) >= 11 is 4.90. The van der Waals surface area contributed by atoms with E-state index < -0.39 is 10.8 Å². The van der Waals surface area contributed by atoms with Crippen LogP contribution in [-0.2, 0) is 9.59 Å². The molecule has 2 nitrogen and oxygen atoms in total. The molecule has 0 spiro atoms. The smallest absolute Gasteiger partial charge is 0.182 e. The number of carbonyl (C=O) groups is 2. The summed E-state index contributed by atoms with van der Waals surface area (Å²) in [6, 6.07) is 0. The third-order valence-corrected chi connectivity index (χ3v) is 2.15. The van der Waals surface area contributed by atoms with E-state index in [-0.39, 0.29) is 16.4 Å². The molecule has 0 saturated heterocycles. The third-order valence-electron chi connectivity index (χ3n) is 1.77. The molecule has 14 heavy (non-hydrogen) atoms. The zero-order valence-electron chi connectivity index (χ0n) is 9.72. The molecule has 0 N–H and O–H groups in total. The highest BCUT2D eigenvalue weighted by molar-refractivity contribution is 7.84. The number of ketones is 2. The molecule has 0 amide bonds. The van der Waals surface area contributed by atoms with Gasteiger partial charge in [0.05, 0.1) is 0 Å². The van der Waals surface area contributed by atoms with Gasteiger partial charge in [-0.2, -0.15) is 0 Å². The standard InChI is InChI=1S/C11H18O2S/c1-10(2,3)8(12)7(14)9(13)11(4,5)6/h1-6H3. The van der Waals surface area contributed by atoms with Crippen molar-refractivity contribution in [3.8, 4) is 0 Å². The zero-order valence-corrected chi connectivity index (χ0v) is 10.5. The number of rotatable bonds is 2. The van der Waals surface area contributed by atoms with Crippen LogP contribution in [0.3, 0.4) is 0 Å². The molecule has 0 radical (unpaired) electrons. The van der Waals surface area contributed by atoms with Gasteiger partial charge in [-0.25, -0.2) is 0 Å². The van der Waals surface area contributed by atoms with E-state index in [1.165, 1.54) is 0 Å². The van der Waals surface area contributed by atoms with Gasteiger partial charge in [-0.1, -0.05) is 53.8 Å². The second-order valence-corrected chi connectivity index (χ2v) is 5.90. The molecule has 0 aromatic heterocycles. The maximum atomic E-state index is 11.7. The van der Waals surface area contributed by atoms with E-state index >= 15 is 0 Å². The first-order valence-electron chi connectivity index (χ1n) is 4.61. The molecule has 0 aliphatic rings. The van der Waals surface area contributed by atoms with Crippen molar-refractivity contribution >= 4 is 28.6 Å². The van der Waals surface area contributed by atoms with Gasteiger partial charge in [0.1, 0.15) is 4.86 Å². The molecule has 0 heterocycles. The second-order valence-electron chi connectivity index (χ2n) is 5.49. The van der Waals surface area contributed by atoms with Gasteiger partial charge in [-0.15, -0.1) is 0 Å². The first-order valence-corrected chi connectivity index (χ1v) is 5.02. The molecular formula is C11H18O2S. The Morgan fingerprint density at radius 3 is 1.14 bits per heavy atom. The summed E-state index contributed by atoms with van der Waals surface area (Å²) in [6.07, 6.45) is 0. The SMILES string of the molecule is CC(C)(C)C(=O)C(=S)C(=O)C(C)(C)C. The molecule has 0 saturated carbocycles. The minimum Gasteiger partial charge on any atom is -0.293 e. The quantitative estimate of drug-likeness (QED) is 0.523. The van der Waals surface area contributed by atoms with E-state index in [0.29, 0.717) is 0 Å². The van der Waals surface area contributed by atoms with Crippen LogP contribution in [0.2, 0.25) is 0 Å². The Bertz CT molecular complexity index is 249. The first-order chi connectivity index (χ1) is 5.98. The van der Waals surface area contributed by atoms with Crippen LogP contribution in [0.5, 0.6) is 0 Å². The number of Topliss-reactive ketones (excluding diaryl/α,β-unsaturated/α-hetero) is 2. The molecule has 0 aromatic carbocycles. The summed E-state index contributed by atoms with van der Waals surface area (Å²) in [5.41, 5.74) is -1.14. The lowest BCUT2D eigenvalue weighted by Gasteiger charge is -2.21. The molecule has 0 rings (SSSR count). The summed E-state index contributed by atoms with van der Waals surface area (Å²) in [4.78, 5) is 23.3. The van der Waals surface area contributed by atoms with E-state index in [2.05, 4.69) is 0 Å². The normalized spacial score (nSPS) is 12.4. The van der Waals surface area contributed by atoms with Crippen LogP contribution in [0.4, 0.5) is 0 Å². The molecule has 0 unspecified atom stereocenters. The average molecular weight is 214 g/mol. The first kappa shape index (κ1) is 13.4. The molecule has 0 bridgehead atoms. The summed E-state index contributed by atoms with van der Waals surface area (Å²) < 4.78 is 0. The summed E-state index contributed by atoms with van der Waals surface area (Å²) in [5.74, 6) is -0.486. The van der Waals surface area contributed by atoms with Crippen molar-refractivity contribution in [2.45, 2.75) is 41.5 Å². The topological polar surface area (TPSA) is 34.1 Å². The Balaban J connectivity index is 4.85. The molecule has 0 aromatic rings. The van der Waals surface area contributed by atoms with E-state index in [4.69, 9.17) is 12.2 Å². The van der Waals surface area contributed by atoms with Crippen molar-refractivity contribution in [1.82, 2.24) is 0 Å². The second kappa shape index (κ2) is 3.89. The van der Waals surface area contributed by atoms with Gasteiger partial charge >= 0.3 is 0 Å². The van der Waals surface area contributed by atoms with Gasteiger partial charge in [0, 0.05) is 10.8 Å². The zero-order chi connectivity index (χ0) is 11.7. The van der Waals surface area contributed by atoms with Gasteiger partial charge in [-0.05, 0) is 0 Å². The Labute approximate surface area is 91.1 Å². The predicted molar refractivity (Wildman–Crippen MR) is 61.5 cm³/mol. The van der Waals surface area contributed by atoms with Gasteiger partial charge in [-0.3, -0.25) is 9.59 Å². The highest BCUT2D eigenvalue weighted by Gasteiger charge is 2.34. The maximum Gasteiger partial charge on any atom is 0.182 e. The van der Waals surface area contributed by atoms with E-state index in [9.17, 15) is 9.59 Å². The highest BCUT2D eigenvalue weighted by atomic mass is 32.1. The molecule has 80 valence electrons. The van der Waals surface area contributed by atoms with E-state index in [1.807, 2.05) is 0 Å². The Morgan fingerprint density at radius 2 is 1.00 bits per heavy atom. The molecule has 0 fully saturated rings. The van der Waals surface area contributed by atoms with Crippen LogP contribution in [0.15, 0.2) is 0 Å². The lowest BCUT2D eigenvalue weighted by Crippen LogP contribution is -2.38. The van der Waals surface area contributed by atoms with Gasteiger partial charge in [0.15, 0.2) is 11.6 Å².